The van der Waals surface area contributed by atoms with Crippen LogP contribution >= 0.6 is 0 Å². The summed E-state index contributed by atoms with van der Waals surface area (Å²) in [4.78, 5) is 36.7. The minimum absolute atomic E-state index is 0.0837. The van der Waals surface area contributed by atoms with Gasteiger partial charge in [-0.15, -0.1) is 0 Å². The van der Waals surface area contributed by atoms with Crippen LogP contribution in [0.3, 0.4) is 0 Å². The van der Waals surface area contributed by atoms with Crippen LogP contribution in [0.5, 0.6) is 0 Å². The standard InChI is InChI=1S/C32H39N6O3/c1-34-15-17-35(18-16-34)31(39)29-22-38(2,21-28(29)27-10-6-8-25-7-4-5-9-26(25)27)30-19-33-23-37(30)20-24-11-13-36(14-12-24)32(40)41-3/h4-10,19,21-24H,11-18,20H2,1-3H3/q+1. The third-order valence-corrected chi connectivity index (χ3v) is 8.87. The number of benzene rings is 2. The third kappa shape index (κ3) is 5.27. The number of carbonyl (C=O) groups excluding carboxylic acids is 2. The van der Waals surface area contributed by atoms with E-state index < -0.39 is 0 Å². The maximum atomic E-state index is 14.1. The Balaban J connectivity index is 1.34. The number of fused-ring (bicyclic) bond motifs is 1. The van der Waals surface area contributed by atoms with E-state index in [-0.39, 0.29) is 12.0 Å². The predicted octanol–water partition coefficient (Wildman–Crippen LogP) is 4.16. The molecule has 1 unspecified atom stereocenters. The topological polar surface area (TPSA) is 70.9 Å². The van der Waals surface area contributed by atoms with Gasteiger partial charge in [-0.05, 0) is 42.1 Å². The van der Waals surface area contributed by atoms with E-state index in [1.165, 1.54) is 7.11 Å². The minimum atomic E-state index is -0.254. The van der Waals surface area contributed by atoms with Gasteiger partial charge in [-0.25, -0.2) is 14.3 Å². The highest BCUT2D eigenvalue weighted by Gasteiger charge is 2.39. The van der Waals surface area contributed by atoms with Gasteiger partial charge in [0.15, 0.2) is 0 Å². The van der Waals surface area contributed by atoms with Crippen LogP contribution in [-0.4, -0.2) is 96.7 Å². The summed E-state index contributed by atoms with van der Waals surface area (Å²) in [6.45, 7) is 5.40. The SMILES string of the molecule is COC(=O)N1CCC(Cn2cncc2[N+]2(C)C=C(C(=O)N3CCN(C)CC3)C(c3cccc4ccccc34)=C2)CC1. The summed E-state index contributed by atoms with van der Waals surface area (Å²) in [5, 5.41) is 2.29. The number of aromatic nitrogens is 2. The van der Waals surface area contributed by atoms with Crippen molar-refractivity contribution in [3.05, 3.63) is 78.5 Å². The normalized spacial score (nSPS) is 22.1. The van der Waals surface area contributed by atoms with Crippen molar-refractivity contribution < 1.29 is 14.3 Å². The second-order valence-corrected chi connectivity index (χ2v) is 11.7. The molecule has 1 atom stereocenters. The number of likely N-dealkylation sites (tertiary alicyclic amines) is 1. The molecule has 2 saturated heterocycles. The van der Waals surface area contributed by atoms with Crippen molar-refractivity contribution in [1.29, 1.82) is 0 Å². The number of hydrogen-bond donors (Lipinski definition) is 0. The fourth-order valence-electron chi connectivity index (χ4n) is 6.43. The van der Waals surface area contributed by atoms with Gasteiger partial charge in [0.25, 0.3) is 5.91 Å². The number of imidazole rings is 1. The van der Waals surface area contributed by atoms with E-state index in [0.29, 0.717) is 23.5 Å². The zero-order valence-corrected chi connectivity index (χ0v) is 24.2. The molecule has 2 aromatic carbocycles. The fourth-order valence-corrected chi connectivity index (χ4v) is 6.43. The molecular formula is C32H39N6O3+. The van der Waals surface area contributed by atoms with Crippen LogP contribution in [0.15, 0.2) is 73.0 Å². The molecule has 6 rings (SSSR count). The number of likely N-dealkylation sites (N-methyl/N-ethyl adjacent to an activating group) is 1. The molecule has 0 saturated carbocycles. The molecular weight excluding hydrogens is 516 g/mol. The van der Waals surface area contributed by atoms with Crippen LogP contribution in [-0.2, 0) is 16.1 Å². The first-order valence-corrected chi connectivity index (χ1v) is 14.5. The maximum Gasteiger partial charge on any atom is 0.409 e. The molecule has 0 N–H and O–H groups in total. The number of piperidine rings is 1. The second kappa shape index (κ2) is 11.1. The van der Waals surface area contributed by atoms with Crippen molar-refractivity contribution in [2.45, 2.75) is 19.4 Å². The van der Waals surface area contributed by atoms with Gasteiger partial charge in [0.2, 0.25) is 5.82 Å². The number of quaternary nitrogens is 1. The molecule has 41 heavy (non-hydrogen) atoms. The third-order valence-electron chi connectivity index (χ3n) is 8.87. The molecule has 2 fully saturated rings. The lowest BCUT2D eigenvalue weighted by molar-refractivity contribution is -0.128. The number of amides is 2. The van der Waals surface area contributed by atoms with Gasteiger partial charge in [-0.1, -0.05) is 42.5 Å². The molecule has 9 nitrogen and oxygen atoms in total. The summed E-state index contributed by atoms with van der Waals surface area (Å²) < 4.78 is 7.48. The van der Waals surface area contributed by atoms with E-state index in [1.807, 2.05) is 17.4 Å². The summed E-state index contributed by atoms with van der Waals surface area (Å²) in [7, 11) is 5.66. The van der Waals surface area contributed by atoms with Gasteiger partial charge < -0.3 is 19.4 Å². The van der Waals surface area contributed by atoms with Gasteiger partial charge in [0.1, 0.15) is 24.2 Å². The Labute approximate surface area is 241 Å². The molecule has 0 radical (unpaired) electrons. The number of piperazine rings is 1. The van der Waals surface area contributed by atoms with Gasteiger partial charge in [0.05, 0.1) is 26.1 Å². The van der Waals surface area contributed by atoms with E-state index in [1.54, 1.807) is 4.90 Å². The van der Waals surface area contributed by atoms with E-state index in [2.05, 4.69) is 83.4 Å². The average molecular weight is 556 g/mol. The summed E-state index contributed by atoms with van der Waals surface area (Å²) in [5.41, 5.74) is 2.78. The summed E-state index contributed by atoms with van der Waals surface area (Å²) in [6, 6.07) is 14.7. The van der Waals surface area contributed by atoms with Crippen LogP contribution in [0.4, 0.5) is 10.6 Å². The van der Waals surface area contributed by atoms with Crippen molar-refractivity contribution in [1.82, 2.24) is 28.7 Å². The van der Waals surface area contributed by atoms with Gasteiger partial charge in [-0.2, -0.15) is 0 Å². The highest BCUT2D eigenvalue weighted by Crippen LogP contribution is 2.40. The van der Waals surface area contributed by atoms with Crippen LogP contribution in [0.2, 0.25) is 0 Å². The summed E-state index contributed by atoms with van der Waals surface area (Å²) in [6.07, 6.45) is 9.69. The highest BCUT2D eigenvalue weighted by atomic mass is 16.5. The number of rotatable bonds is 5. The van der Waals surface area contributed by atoms with Crippen LogP contribution < -0.4 is 4.48 Å². The summed E-state index contributed by atoms with van der Waals surface area (Å²) >= 11 is 0. The van der Waals surface area contributed by atoms with Crippen LogP contribution in [0, 0.1) is 5.92 Å². The second-order valence-electron chi connectivity index (χ2n) is 11.7. The molecule has 214 valence electrons. The van der Waals surface area contributed by atoms with E-state index >= 15 is 0 Å². The largest absolute Gasteiger partial charge is 0.453 e. The molecule has 4 heterocycles. The Morgan fingerprint density at radius 1 is 0.951 bits per heavy atom. The molecule has 3 aliphatic heterocycles. The van der Waals surface area contributed by atoms with E-state index in [0.717, 1.165) is 78.9 Å². The Morgan fingerprint density at radius 3 is 2.44 bits per heavy atom. The lowest BCUT2D eigenvalue weighted by atomic mass is 9.94. The zero-order valence-electron chi connectivity index (χ0n) is 24.2. The monoisotopic (exact) mass is 555 g/mol. The Morgan fingerprint density at radius 2 is 1.68 bits per heavy atom. The minimum Gasteiger partial charge on any atom is -0.453 e. The molecule has 3 aliphatic rings. The van der Waals surface area contributed by atoms with E-state index in [4.69, 9.17) is 4.74 Å². The first-order valence-electron chi connectivity index (χ1n) is 14.5. The lowest BCUT2D eigenvalue weighted by Gasteiger charge is -2.32. The molecule has 0 aliphatic carbocycles. The van der Waals surface area contributed by atoms with Crippen molar-refractivity contribution in [3.8, 4) is 0 Å². The smallest absolute Gasteiger partial charge is 0.409 e. The van der Waals surface area contributed by atoms with Crippen molar-refractivity contribution in [3.63, 3.8) is 0 Å². The maximum absolute atomic E-state index is 14.1. The average Bonchev–Trinajstić information content (AvgIpc) is 3.62. The van der Waals surface area contributed by atoms with Gasteiger partial charge in [-0.3, -0.25) is 9.36 Å². The highest BCUT2D eigenvalue weighted by molar-refractivity contribution is 6.14. The quantitative estimate of drug-likeness (QED) is 0.442. The zero-order chi connectivity index (χ0) is 28.6. The number of carbonyl (C=O) groups is 2. The van der Waals surface area contributed by atoms with Crippen LogP contribution in [0.1, 0.15) is 18.4 Å². The van der Waals surface area contributed by atoms with Gasteiger partial charge >= 0.3 is 6.09 Å². The molecule has 3 aromatic rings. The number of hydrogen-bond acceptors (Lipinski definition) is 5. The van der Waals surface area contributed by atoms with Gasteiger partial charge in [0, 0.05) is 45.8 Å². The number of ether oxygens (including phenoxy) is 1. The molecule has 2 amide bonds. The molecule has 9 heteroatoms. The Hall–Kier alpha value is -3.95. The number of methoxy groups -OCH3 is 1. The van der Waals surface area contributed by atoms with Crippen LogP contribution in [0.25, 0.3) is 16.3 Å². The number of nitrogens with zero attached hydrogens (tertiary/aromatic N) is 6. The summed E-state index contributed by atoms with van der Waals surface area (Å²) in [5.74, 6) is 1.52. The first-order chi connectivity index (χ1) is 19.9. The van der Waals surface area contributed by atoms with Crippen molar-refractivity contribution >= 4 is 34.2 Å². The predicted molar refractivity (Wildman–Crippen MR) is 161 cm³/mol. The molecule has 1 aromatic heterocycles. The molecule has 0 spiro atoms. The van der Waals surface area contributed by atoms with Crippen molar-refractivity contribution in [2.24, 2.45) is 5.92 Å². The van der Waals surface area contributed by atoms with E-state index in [9.17, 15) is 9.59 Å². The lowest BCUT2D eigenvalue weighted by Crippen LogP contribution is -2.47. The Bertz CT molecular complexity index is 1510. The first kappa shape index (κ1) is 27.2. The molecule has 0 bridgehead atoms. The van der Waals surface area contributed by atoms with Crippen molar-refractivity contribution in [2.75, 3.05) is 60.5 Å². The fraction of sp³-hybridized carbons (Fsp3) is 0.406. The Kier molecular flexibility index (Phi) is 7.40.